The molecule has 0 aliphatic rings. The number of aliphatic hydroxyl groups excluding tert-OH is 1. The fourth-order valence-electron chi connectivity index (χ4n) is 4.06. The summed E-state index contributed by atoms with van der Waals surface area (Å²) in [4.78, 5) is 18.0. The van der Waals surface area contributed by atoms with Crippen LogP contribution in [0.25, 0.3) is 33.3 Å². The van der Waals surface area contributed by atoms with Crippen molar-refractivity contribution in [2.24, 2.45) is 0 Å². The number of nitrogens with zero attached hydrogens (tertiary/aromatic N) is 2. The predicted octanol–water partition coefficient (Wildman–Crippen LogP) is 5.93. The lowest BCUT2D eigenvalue weighted by molar-refractivity contribution is 0.399. The maximum Gasteiger partial charge on any atom is 0.277 e. The summed E-state index contributed by atoms with van der Waals surface area (Å²) < 4.78 is 7.57. The Morgan fingerprint density at radius 2 is 1.77 bits per heavy atom. The SMILES string of the molecule is C=C=CCn1c(-c2ccccc2)ncc(NC(C)c2ccc3oc4ccccc4c3c2)c1=O.CO. The number of hydrogen-bond acceptors (Lipinski definition) is 5. The molecule has 1 unspecified atom stereocenters. The molecule has 3 aromatic carbocycles. The van der Waals surface area contributed by atoms with Crippen molar-refractivity contribution in [3.8, 4) is 11.4 Å². The number of fused-ring (bicyclic) bond motifs is 3. The Kier molecular flexibility index (Phi) is 7.27. The zero-order valence-electron chi connectivity index (χ0n) is 19.7. The second-order valence-electron chi connectivity index (χ2n) is 7.91. The number of furan rings is 1. The molecule has 2 N–H and O–H groups in total. The molecule has 6 heteroatoms. The van der Waals surface area contributed by atoms with E-state index in [0.29, 0.717) is 18.1 Å². The molecular formula is C29H27N3O3. The molecule has 176 valence electrons. The molecule has 6 nitrogen and oxygen atoms in total. The van der Waals surface area contributed by atoms with Crippen molar-refractivity contribution < 1.29 is 9.52 Å². The largest absolute Gasteiger partial charge is 0.456 e. The first kappa shape index (κ1) is 23.8. The molecule has 0 amide bonds. The maximum absolute atomic E-state index is 13.4. The average molecular weight is 466 g/mol. The molecular weight excluding hydrogens is 438 g/mol. The van der Waals surface area contributed by atoms with E-state index in [4.69, 9.17) is 9.52 Å². The second-order valence-corrected chi connectivity index (χ2v) is 7.91. The minimum atomic E-state index is -0.142. The van der Waals surface area contributed by atoms with E-state index in [1.807, 2.05) is 67.6 Å². The Balaban J connectivity index is 0.00000141. The summed E-state index contributed by atoms with van der Waals surface area (Å²) in [6.07, 6.45) is 3.34. The highest BCUT2D eigenvalue weighted by molar-refractivity contribution is 6.05. The Morgan fingerprint density at radius 3 is 2.54 bits per heavy atom. The maximum atomic E-state index is 13.4. The summed E-state index contributed by atoms with van der Waals surface area (Å²) in [6, 6.07) is 23.7. The summed E-state index contributed by atoms with van der Waals surface area (Å²) in [5, 5.41) is 12.5. The molecule has 2 aromatic heterocycles. The molecule has 5 rings (SSSR count). The zero-order valence-corrected chi connectivity index (χ0v) is 19.7. The predicted molar refractivity (Wildman–Crippen MR) is 142 cm³/mol. The van der Waals surface area contributed by atoms with Gasteiger partial charge < -0.3 is 14.8 Å². The van der Waals surface area contributed by atoms with E-state index in [-0.39, 0.29) is 11.6 Å². The van der Waals surface area contributed by atoms with Crippen molar-refractivity contribution in [3.63, 3.8) is 0 Å². The van der Waals surface area contributed by atoms with Crippen LogP contribution in [0.2, 0.25) is 0 Å². The fourth-order valence-corrected chi connectivity index (χ4v) is 4.06. The van der Waals surface area contributed by atoms with Crippen LogP contribution in [0.5, 0.6) is 0 Å². The van der Waals surface area contributed by atoms with Crippen LogP contribution < -0.4 is 10.9 Å². The summed E-state index contributed by atoms with van der Waals surface area (Å²) in [7, 11) is 1.00. The van der Waals surface area contributed by atoms with E-state index in [1.165, 1.54) is 0 Å². The third kappa shape index (κ3) is 4.80. The Bertz CT molecular complexity index is 1560. The highest BCUT2D eigenvalue weighted by atomic mass is 16.3. The minimum absolute atomic E-state index is 0.108. The highest BCUT2D eigenvalue weighted by Crippen LogP contribution is 2.31. The first-order valence-electron chi connectivity index (χ1n) is 11.3. The Labute approximate surface area is 203 Å². The second kappa shape index (κ2) is 10.7. The van der Waals surface area contributed by atoms with Gasteiger partial charge in [0.2, 0.25) is 0 Å². The lowest BCUT2D eigenvalue weighted by Gasteiger charge is -2.17. The molecule has 0 fully saturated rings. The van der Waals surface area contributed by atoms with Crippen LogP contribution in [-0.2, 0) is 6.54 Å². The van der Waals surface area contributed by atoms with Crippen molar-refractivity contribution in [2.75, 3.05) is 12.4 Å². The van der Waals surface area contributed by atoms with E-state index in [2.05, 4.69) is 34.7 Å². The number of nitrogens with one attached hydrogen (secondary N) is 1. The van der Waals surface area contributed by atoms with Gasteiger partial charge in [-0.1, -0.05) is 61.2 Å². The van der Waals surface area contributed by atoms with E-state index in [9.17, 15) is 4.79 Å². The monoisotopic (exact) mass is 465 g/mol. The molecule has 0 bridgehead atoms. The third-order valence-corrected chi connectivity index (χ3v) is 5.77. The van der Waals surface area contributed by atoms with Crippen molar-refractivity contribution in [3.05, 3.63) is 113 Å². The van der Waals surface area contributed by atoms with Gasteiger partial charge >= 0.3 is 0 Å². The number of benzene rings is 3. The van der Waals surface area contributed by atoms with Crippen LogP contribution in [0.15, 0.2) is 107 Å². The van der Waals surface area contributed by atoms with Gasteiger partial charge in [-0.05, 0) is 36.8 Å². The van der Waals surface area contributed by atoms with Crippen LogP contribution in [-0.4, -0.2) is 21.8 Å². The van der Waals surface area contributed by atoms with Gasteiger partial charge in [0, 0.05) is 29.5 Å². The number of anilines is 1. The summed E-state index contributed by atoms with van der Waals surface area (Å²) in [6.45, 7) is 5.99. The molecule has 1 atom stereocenters. The van der Waals surface area contributed by atoms with E-state index in [1.54, 1.807) is 16.8 Å². The van der Waals surface area contributed by atoms with Crippen LogP contribution in [0.1, 0.15) is 18.5 Å². The summed E-state index contributed by atoms with van der Waals surface area (Å²) in [5.41, 5.74) is 6.69. The molecule has 0 saturated heterocycles. The normalized spacial score (nSPS) is 11.4. The van der Waals surface area contributed by atoms with Crippen molar-refractivity contribution in [2.45, 2.75) is 19.5 Å². The van der Waals surface area contributed by atoms with Crippen molar-refractivity contribution in [1.29, 1.82) is 0 Å². The highest BCUT2D eigenvalue weighted by Gasteiger charge is 2.15. The molecule has 0 aliphatic heterocycles. The van der Waals surface area contributed by atoms with E-state index in [0.717, 1.165) is 40.2 Å². The molecule has 35 heavy (non-hydrogen) atoms. The van der Waals surface area contributed by atoms with Gasteiger partial charge in [0.1, 0.15) is 22.7 Å². The van der Waals surface area contributed by atoms with Crippen LogP contribution in [0.4, 0.5) is 5.69 Å². The van der Waals surface area contributed by atoms with Crippen LogP contribution in [0.3, 0.4) is 0 Å². The summed E-state index contributed by atoms with van der Waals surface area (Å²) in [5.74, 6) is 0.608. The molecule has 0 spiro atoms. The van der Waals surface area contributed by atoms with Gasteiger partial charge in [-0.3, -0.25) is 9.36 Å². The average Bonchev–Trinajstić information content (AvgIpc) is 3.28. The molecule has 2 heterocycles. The number of para-hydroxylation sites is 1. The molecule has 0 aliphatic carbocycles. The van der Waals surface area contributed by atoms with Gasteiger partial charge in [0.25, 0.3) is 5.56 Å². The minimum Gasteiger partial charge on any atom is -0.456 e. The van der Waals surface area contributed by atoms with Crippen LogP contribution in [0, 0.1) is 0 Å². The van der Waals surface area contributed by atoms with Gasteiger partial charge in [-0.2, -0.15) is 0 Å². The smallest absolute Gasteiger partial charge is 0.277 e. The molecule has 5 aromatic rings. The van der Waals surface area contributed by atoms with Gasteiger partial charge in [0.05, 0.1) is 12.7 Å². The number of aliphatic hydroxyl groups is 1. The Hall–Kier alpha value is -4.38. The Morgan fingerprint density at radius 1 is 1.06 bits per heavy atom. The number of aromatic nitrogens is 2. The lowest BCUT2D eigenvalue weighted by atomic mass is 10.0. The first-order valence-corrected chi connectivity index (χ1v) is 11.3. The van der Waals surface area contributed by atoms with Crippen molar-refractivity contribution in [1.82, 2.24) is 9.55 Å². The van der Waals surface area contributed by atoms with Crippen molar-refractivity contribution >= 4 is 27.6 Å². The molecule has 0 radical (unpaired) electrons. The lowest BCUT2D eigenvalue weighted by Crippen LogP contribution is -2.26. The van der Waals surface area contributed by atoms with E-state index < -0.39 is 0 Å². The number of hydrogen-bond donors (Lipinski definition) is 2. The summed E-state index contributed by atoms with van der Waals surface area (Å²) >= 11 is 0. The molecule has 0 saturated carbocycles. The van der Waals surface area contributed by atoms with Gasteiger partial charge in [-0.15, -0.1) is 5.73 Å². The fraction of sp³-hybridized carbons (Fsp3) is 0.138. The van der Waals surface area contributed by atoms with Gasteiger partial charge in [0.15, 0.2) is 0 Å². The van der Waals surface area contributed by atoms with E-state index >= 15 is 0 Å². The first-order chi connectivity index (χ1) is 17.2. The number of allylic oxidation sites excluding steroid dienone is 1. The zero-order chi connectivity index (χ0) is 24.8. The van der Waals surface area contributed by atoms with Gasteiger partial charge in [-0.25, -0.2) is 4.98 Å². The third-order valence-electron chi connectivity index (χ3n) is 5.77. The standard InChI is InChI=1S/C28H23N3O2.CH4O/c1-3-4-16-31-27(20-10-6-5-7-11-20)29-18-24(28(31)32)30-19(2)21-14-15-26-23(17-21)22-12-8-9-13-25(22)33-26;1-2/h4-15,17-19,30H,1,16H2,2H3;2H,1H3. The number of rotatable bonds is 6. The van der Waals surface area contributed by atoms with Crippen LogP contribution >= 0.6 is 0 Å². The topological polar surface area (TPSA) is 80.3 Å². The quantitative estimate of drug-likeness (QED) is 0.304.